The quantitative estimate of drug-likeness (QED) is 0.246. The van der Waals surface area contributed by atoms with Gasteiger partial charge in [0.2, 0.25) is 0 Å². The minimum Gasteiger partial charge on any atom is -0.456 e. The first-order chi connectivity index (χ1) is 17.9. The van der Waals surface area contributed by atoms with Gasteiger partial charge in [-0.05, 0) is 75.9 Å². The van der Waals surface area contributed by atoms with Crippen molar-refractivity contribution in [2.45, 2.75) is 48.0 Å². The minimum atomic E-state index is 0.702. The van der Waals surface area contributed by atoms with Crippen LogP contribution in [0.4, 0.5) is 0 Å². The average Bonchev–Trinajstić information content (AvgIpc) is 2.85. The lowest BCUT2D eigenvalue weighted by atomic mass is 9.96. The number of aryl methyl sites for hydroxylation is 4. The summed E-state index contributed by atoms with van der Waals surface area (Å²) in [6.45, 7) is 12.6. The monoisotopic (exact) mass is 488 g/mol. The topological polar surface area (TPSA) is 18.5 Å². The predicted octanol–water partition coefficient (Wildman–Crippen LogP) is 10.2. The van der Waals surface area contributed by atoms with Crippen LogP contribution in [0.5, 0.6) is 23.0 Å². The van der Waals surface area contributed by atoms with E-state index < -0.39 is 0 Å². The minimum absolute atomic E-state index is 0.702. The summed E-state index contributed by atoms with van der Waals surface area (Å²) in [5, 5.41) is 0. The van der Waals surface area contributed by atoms with Crippen molar-refractivity contribution in [2.75, 3.05) is 0 Å². The number of para-hydroxylation sites is 2. The van der Waals surface area contributed by atoms with Crippen molar-refractivity contribution in [1.82, 2.24) is 0 Å². The Morgan fingerprint density at radius 2 is 0.973 bits per heavy atom. The SMILES string of the molecule is CC=Cc1ccccc1Oc1c(C)cc(C)cc1Cc1cc(C)cc(C)c1Oc1ccccc1C=CC. The van der Waals surface area contributed by atoms with Crippen LogP contribution in [0, 0.1) is 27.7 Å². The molecule has 0 heterocycles. The van der Waals surface area contributed by atoms with E-state index in [9.17, 15) is 0 Å². The molecule has 4 aromatic rings. The molecule has 0 amide bonds. The maximum absolute atomic E-state index is 6.62. The fourth-order valence-electron chi connectivity index (χ4n) is 4.85. The molecule has 0 fully saturated rings. The van der Waals surface area contributed by atoms with E-state index in [2.05, 4.69) is 76.2 Å². The zero-order chi connectivity index (χ0) is 26.4. The van der Waals surface area contributed by atoms with Crippen molar-refractivity contribution in [3.63, 3.8) is 0 Å². The van der Waals surface area contributed by atoms with Gasteiger partial charge in [0.1, 0.15) is 23.0 Å². The van der Waals surface area contributed by atoms with Gasteiger partial charge in [0.25, 0.3) is 0 Å². The Hall–Kier alpha value is -4.04. The number of allylic oxidation sites excluding steroid dienone is 2. The molecule has 37 heavy (non-hydrogen) atoms. The van der Waals surface area contributed by atoms with Crippen LogP contribution >= 0.6 is 0 Å². The van der Waals surface area contributed by atoms with Crippen LogP contribution in [-0.4, -0.2) is 0 Å². The van der Waals surface area contributed by atoms with Crippen LogP contribution in [0.2, 0.25) is 0 Å². The van der Waals surface area contributed by atoms with Crippen LogP contribution in [-0.2, 0) is 6.42 Å². The van der Waals surface area contributed by atoms with Crippen molar-refractivity contribution < 1.29 is 9.47 Å². The van der Waals surface area contributed by atoms with Gasteiger partial charge in [-0.15, -0.1) is 0 Å². The molecule has 0 aliphatic rings. The zero-order valence-corrected chi connectivity index (χ0v) is 22.8. The van der Waals surface area contributed by atoms with E-state index in [-0.39, 0.29) is 0 Å². The smallest absolute Gasteiger partial charge is 0.134 e. The second-order valence-electron chi connectivity index (χ2n) is 9.60. The lowest BCUT2D eigenvalue weighted by Crippen LogP contribution is -2.02. The Labute approximate surface area is 221 Å². The van der Waals surface area contributed by atoms with Crippen molar-refractivity contribution in [3.8, 4) is 23.0 Å². The van der Waals surface area contributed by atoms with Gasteiger partial charge in [0, 0.05) is 17.5 Å². The lowest BCUT2D eigenvalue weighted by Gasteiger charge is -2.20. The zero-order valence-electron chi connectivity index (χ0n) is 22.8. The molecular formula is C35H36O2. The molecule has 0 aliphatic heterocycles. The summed E-state index contributed by atoms with van der Waals surface area (Å²) in [5.74, 6) is 3.51. The van der Waals surface area contributed by atoms with E-state index in [4.69, 9.17) is 9.47 Å². The summed E-state index contributed by atoms with van der Waals surface area (Å²) in [7, 11) is 0. The molecule has 0 spiro atoms. The van der Waals surface area contributed by atoms with Gasteiger partial charge in [-0.2, -0.15) is 0 Å². The molecule has 0 saturated heterocycles. The van der Waals surface area contributed by atoms with E-state index in [1.54, 1.807) is 0 Å². The second-order valence-corrected chi connectivity index (χ2v) is 9.60. The standard InChI is InChI=1S/C35H36O2/c1-7-13-28-15-9-11-17-32(28)36-34-26(5)19-24(3)21-30(34)23-31-22-25(4)20-27(6)35(31)37-33-18-12-10-16-29(33)14-8-2/h7-22H,23H2,1-6H3. The summed E-state index contributed by atoms with van der Waals surface area (Å²) in [4.78, 5) is 0. The molecule has 4 aromatic carbocycles. The number of hydrogen-bond acceptors (Lipinski definition) is 2. The second kappa shape index (κ2) is 11.8. The number of rotatable bonds is 8. The third-order valence-electron chi connectivity index (χ3n) is 6.33. The van der Waals surface area contributed by atoms with E-state index in [1.165, 1.54) is 11.1 Å². The average molecular weight is 489 g/mol. The van der Waals surface area contributed by atoms with Crippen molar-refractivity contribution >= 4 is 12.2 Å². The summed E-state index contributed by atoms with van der Waals surface area (Å²) in [5.41, 5.74) is 9.08. The summed E-state index contributed by atoms with van der Waals surface area (Å²) in [6.07, 6.45) is 8.94. The highest BCUT2D eigenvalue weighted by molar-refractivity contribution is 5.61. The molecule has 0 aromatic heterocycles. The summed E-state index contributed by atoms with van der Waals surface area (Å²) in [6, 6.07) is 25.2. The Morgan fingerprint density at radius 3 is 1.38 bits per heavy atom. The fraction of sp³-hybridized carbons (Fsp3) is 0.200. The fourth-order valence-corrected chi connectivity index (χ4v) is 4.85. The van der Waals surface area contributed by atoms with Gasteiger partial charge in [0.15, 0.2) is 0 Å². The molecule has 188 valence electrons. The van der Waals surface area contributed by atoms with Gasteiger partial charge >= 0.3 is 0 Å². The Bertz CT molecular complexity index is 1350. The molecule has 0 aliphatic carbocycles. The van der Waals surface area contributed by atoms with Crippen LogP contribution < -0.4 is 9.47 Å². The number of hydrogen-bond donors (Lipinski definition) is 0. The van der Waals surface area contributed by atoms with Gasteiger partial charge in [-0.1, -0.05) is 96.1 Å². The van der Waals surface area contributed by atoms with Crippen LogP contribution in [0.25, 0.3) is 12.2 Å². The van der Waals surface area contributed by atoms with Crippen molar-refractivity contribution in [3.05, 3.63) is 129 Å². The van der Waals surface area contributed by atoms with Crippen LogP contribution in [0.3, 0.4) is 0 Å². The Morgan fingerprint density at radius 1 is 0.568 bits per heavy atom. The summed E-state index contributed by atoms with van der Waals surface area (Å²) >= 11 is 0. The van der Waals surface area contributed by atoms with Crippen molar-refractivity contribution in [1.29, 1.82) is 0 Å². The highest BCUT2D eigenvalue weighted by Crippen LogP contribution is 2.38. The molecule has 4 rings (SSSR count). The molecule has 0 radical (unpaired) electrons. The first kappa shape index (κ1) is 26.0. The largest absolute Gasteiger partial charge is 0.456 e. The van der Waals surface area contributed by atoms with E-state index in [0.717, 1.165) is 56.4 Å². The maximum atomic E-state index is 6.62. The van der Waals surface area contributed by atoms with Gasteiger partial charge in [-0.25, -0.2) is 0 Å². The maximum Gasteiger partial charge on any atom is 0.134 e. The van der Waals surface area contributed by atoms with Gasteiger partial charge < -0.3 is 9.47 Å². The summed E-state index contributed by atoms with van der Waals surface area (Å²) < 4.78 is 13.2. The predicted molar refractivity (Wildman–Crippen MR) is 157 cm³/mol. The molecule has 0 N–H and O–H groups in total. The lowest BCUT2D eigenvalue weighted by molar-refractivity contribution is 0.466. The molecular weight excluding hydrogens is 452 g/mol. The van der Waals surface area contributed by atoms with Gasteiger partial charge in [-0.3, -0.25) is 0 Å². The number of benzene rings is 4. The molecule has 2 nitrogen and oxygen atoms in total. The Kier molecular flexibility index (Phi) is 8.30. The van der Waals surface area contributed by atoms with Crippen molar-refractivity contribution in [2.24, 2.45) is 0 Å². The van der Waals surface area contributed by atoms with Crippen LogP contribution in [0.15, 0.2) is 84.9 Å². The third-order valence-corrected chi connectivity index (χ3v) is 6.33. The first-order valence-electron chi connectivity index (χ1n) is 12.9. The number of ether oxygens (including phenoxy) is 2. The third kappa shape index (κ3) is 6.21. The van der Waals surface area contributed by atoms with Crippen LogP contribution in [0.1, 0.15) is 58.4 Å². The normalized spacial score (nSPS) is 11.4. The first-order valence-corrected chi connectivity index (χ1v) is 12.9. The molecule has 0 bridgehead atoms. The van der Waals surface area contributed by atoms with E-state index >= 15 is 0 Å². The molecule has 0 unspecified atom stereocenters. The van der Waals surface area contributed by atoms with E-state index in [0.29, 0.717) is 6.42 Å². The highest BCUT2D eigenvalue weighted by atomic mass is 16.5. The highest BCUT2D eigenvalue weighted by Gasteiger charge is 2.17. The molecule has 2 heteroatoms. The molecule has 0 atom stereocenters. The van der Waals surface area contributed by atoms with Gasteiger partial charge in [0.05, 0.1) is 0 Å². The Balaban J connectivity index is 1.79. The molecule has 0 saturated carbocycles. The van der Waals surface area contributed by atoms with E-state index in [1.807, 2.05) is 62.4 Å².